The first kappa shape index (κ1) is 64.4. The molecule has 0 atom stereocenters. The molecule has 0 aliphatic heterocycles. The Morgan fingerprint density at radius 3 is 0.593 bits per heavy atom. The predicted molar refractivity (Wildman–Crippen MR) is 448 cm³/mol. The molecular weight excluding hydrogens is 1320 g/mol. The van der Waals surface area contributed by atoms with E-state index in [0.29, 0.717) is 0 Å². The van der Waals surface area contributed by atoms with Crippen molar-refractivity contribution in [1.29, 1.82) is 0 Å². The Hall–Kier alpha value is -14.5. The van der Waals surface area contributed by atoms with Crippen molar-refractivity contribution in [1.82, 2.24) is 0 Å². The number of rotatable bonds is 15. The van der Waals surface area contributed by atoms with Gasteiger partial charge in [-0.05, 0) is 188 Å². The van der Waals surface area contributed by atoms with Gasteiger partial charge in [0.25, 0.3) is 0 Å². The van der Waals surface area contributed by atoms with E-state index in [-0.39, 0.29) is 0 Å². The highest BCUT2D eigenvalue weighted by Crippen LogP contribution is 2.43. The number of hydrogen-bond acceptors (Lipinski definition) is 6. The molecule has 4 aromatic heterocycles. The molecule has 0 saturated carbocycles. The Balaban J connectivity index is 0.000000147. The Kier molecular flexibility index (Phi) is 16.9. The van der Waals surface area contributed by atoms with Crippen molar-refractivity contribution in [2.75, 3.05) is 9.80 Å². The van der Waals surface area contributed by atoms with Crippen LogP contribution in [-0.4, -0.2) is 0 Å². The summed E-state index contributed by atoms with van der Waals surface area (Å²) in [6.07, 6.45) is 0. The van der Waals surface area contributed by atoms with Gasteiger partial charge in [-0.3, -0.25) is 0 Å². The van der Waals surface area contributed by atoms with E-state index in [1.807, 2.05) is 72.8 Å². The zero-order valence-corrected chi connectivity index (χ0v) is 58.8. The summed E-state index contributed by atoms with van der Waals surface area (Å²) in [5, 5.41) is 6.87. The number of furan rings is 4. The number of hydrogen-bond donors (Lipinski definition) is 0. The van der Waals surface area contributed by atoms with Crippen LogP contribution >= 0.6 is 0 Å². The average Bonchev–Trinajstić information content (AvgIpc) is 1.42. The quantitative estimate of drug-likeness (QED) is 0.102. The number of nitrogens with zero attached hydrogens (tertiary/aromatic N) is 2. The summed E-state index contributed by atoms with van der Waals surface area (Å²) in [5.41, 5.74) is 26.0. The van der Waals surface area contributed by atoms with Gasteiger partial charge in [-0.2, -0.15) is 0 Å². The zero-order chi connectivity index (χ0) is 71.7. The molecule has 4 heterocycles. The Morgan fingerprint density at radius 2 is 0.324 bits per heavy atom. The van der Waals surface area contributed by atoms with Crippen LogP contribution < -0.4 is 9.80 Å². The van der Waals surface area contributed by atoms with Gasteiger partial charge in [0, 0.05) is 77.9 Å². The van der Waals surface area contributed by atoms with E-state index >= 15 is 0 Å². The Labute approximate surface area is 625 Å². The number of para-hydroxylation sites is 4. The first-order valence-electron chi connectivity index (χ1n) is 36.5. The van der Waals surface area contributed by atoms with Crippen molar-refractivity contribution in [3.63, 3.8) is 0 Å². The lowest BCUT2D eigenvalue weighted by Crippen LogP contribution is -2.09. The van der Waals surface area contributed by atoms with E-state index in [1.54, 1.807) is 0 Å². The Morgan fingerprint density at radius 1 is 0.130 bits per heavy atom. The van der Waals surface area contributed by atoms with Gasteiger partial charge in [-0.15, -0.1) is 0 Å². The fraction of sp³-hybridized carbons (Fsp3) is 0. The van der Waals surface area contributed by atoms with Crippen LogP contribution in [0.4, 0.5) is 34.1 Å². The first-order valence-corrected chi connectivity index (χ1v) is 36.5. The maximum absolute atomic E-state index is 6.11. The lowest BCUT2D eigenvalue weighted by atomic mass is 10.0. The SMILES string of the molecule is c1ccc(-c2ccc(N(c3ccc(-c4ccc(-c5cc6ccccc6o5)cc4)cc3)c3ccc(-c4ccc(-c5cc6ccccc6o5)cc4)cc3)cc2)cc1.c1ccc2cc(N(c3ccc(-c4ccc(-c5cc6ccccc6o5)cc4)cc3)c3ccc(-c4ccc(-c5cc6ccccc6o5)cc4)cc3)ccc2c1. The molecule has 0 amide bonds. The van der Waals surface area contributed by atoms with Crippen LogP contribution in [0.3, 0.4) is 0 Å². The molecule has 6 nitrogen and oxygen atoms in total. The maximum Gasteiger partial charge on any atom is 0.135 e. The lowest BCUT2D eigenvalue weighted by Gasteiger charge is -2.26. The van der Waals surface area contributed by atoms with Crippen molar-refractivity contribution in [3.8, 4) is 101 Å². The summed E-state index contributed by atoms with van der Waals surface area (Å²) in [6.45, 7) is 0. The van der Waals surface area contributed by atoms with E-state index in [2.05, 4.69) is 350 Å². The molecule has 20 rings (SSSR count). The fourth-order valence-electron chi connectivity index (χ4n) is 14.7. The fourth-order valence-corrected chi connectivity index (χ4v) is 14.7. The molecule has 6 heteroatoms. The topological polar surface area (TPSA) is 59.0 Å². The molecule has 108 heavy (non-hydrogen) atoms. The molecule has 0 aliphatic carbocycles. The second kappa shape index (κ2) is 28.3. The summed E-state index contributed by atoms with van der Waals surface area (Å²) in [5.74, 6) is 3.51. The van der Waals surface area contributed by atoms with Gasteiger partial charge in [0.2, 0.25) is 0 Å². The molecule has 510 valence electrons. The van der Waals surface area contributed by atoms with Crippen LogP contribution in [0, 0.1) is 0 Å². The van der Waals surface area contributed by atoms with Crippen LogP contribution in [0.2, 0.25) is 0 Å². The van der Waals surface area contributed by atoms with Gasteiger partial charge in [0.1, 0.15) is 45.4 Å². The lowest BCUT2D eigenvalue weighted by molar-refractivity contribution is 0.631. The minimum atomic E-state index is 0.878. The van der Waals surface area contributed by atoms with Gasteiger partial charge >= 0.3 is 0 Å². The van der Waals surface area contributed by atoms with Crippen LogP contribution in [0.1, 0.15) is 0 Å². The molecular formula is C102H68N2O4. The minimum Gasteiger partial charge on any atom is -0.456 e. The Bertz CT molecular complexity index is 6080. The van der Waals surface area contributed by atoms with E-state index < -0.39 is 0 Å². The van der Waals surface area contributed by atoms with Crippen molar-refractivity contribution < 1.29 is 17.7 Å². The molecule has 0 unspecified atom stereocenters. The normalized spacial score (nSPS) is 11.3. The minimum absolute atomic E-state index is 0.878. The number of anilines is 6. The largest absolute Gasteiger partial charge is 0.456 e. The van der Waals surface area contributed by atoms with Gasteiger partial charge in [0.15, 0.2) is 0 Å². The van der Waals surface area contributed by atoms with E-state index in [1.165, 1.54) is 21.9 Å². The highest BCUT2D eigenvalue weighted by molar-refractivity contribution is 5.92. The summed E-state index contributed by atoms with van der Waals surface area (Å²) in [7, 11) is 0. The van der Waals surface area contributed by atoms with Crippen molar-refractivity contribution >= 4 is 88.8 Å². The van der Waals surface area contributed by atoms with E-state index in [4.69, 9.17) is 17.7 Å². The van der Waals surface area contributed by atoms with Crippen molar-refractivity contribution in [3.05, 3.63) is 413 Å². The van der Waals surface area contributed by atoms with Crippen molar-refractivity contribution in [2.45, 2.75) is 0 Å². The molecule has 0 aliphatic rings. The monoisotopic (exact) mass is 1380 g/mol. The molecule has 16 aromatic carbocycles. The maximum atomic E-state index is 6.11. The van der Waals surface area contributed by atoms with Gasteiger partial charge < -0.3 is 27.5 Å². The molecule has 0 N–H and O–H groups in total. The second-order valence-corrected chi connectivity index (χ2v) is 27.2. The molecule has 0 bridgehead atoms. The highest BCUT2D eigenvalue weighted by Gasteiger charge is 2.19. The number of fused-ring (bicyclic) bond motifs is 5. The number of benzene rings is 16. The third-order valence-corrected chi connectivity index (χ3v) is 20.4. The third-order valence-electron chi connectivity index (χ3n) is 20.4. The molecule has 0 fully saturated rings. The van der Waals surface area contributed by atoms with Crippen LogP contribution in [0.5, 0.6) is 0 Å². The van der Waals surface area contributed by atoms with Gasteiger partial charge in [0.05, 0.1) is 0 Å². The van der Waals surface area contributed by atoms with E-state index in [0.717, 1.165) is 168 Å². The zero-order valence-electron chi connectivity index (χ0n) is 58.8. The molecule has 20 aromatic rings. The first-order chi connectivity index (χ1) is 53.4. The van der Waals surface area contributed by atoms with Gasteiger partial charge in [-0.25, -0.2) is 0 Å². The summed E-state index contributed by atoms with van der Waals surface area (Å²) in [4.78, 5) is 4.65. The van der Waals surface area contributed by atoms with Gasteiger partial charge in [-0.1, -0.05) is 291 Å². The van der Waals surface area contributed by atoms with Crippen LogP contribution in [0.25, 0.3) is 156 Å². The summed E-state index contributed by atoms with van der Waals surface area (Å²) in [6, 6.07) is 145. The molecule has 0 spiro atoms. The summed E-state index contributed by atoms with van der Waals surface area (Å²) >= 11 is 0. The summed E-state index contributed by atoms with van der Waals surface area (Å²) < 4.78 is 24.4. The average molecular weight is 1390 g/mol. The van der Waals surface area contributed by atoms with E-state index in [9.17, 15) is 0 Å². The highest BCUT2D eigenvalue weighted by atomic mass is 16.3. The predicted octanol–water partition coefficient (Wildman–Crippen LogP) is 29.5. The molecule has 0 radical (unpaired) electrons. The standard InChI is InChI=1S/C52H35NO2.C50H33NO2/c1-2-8-36(9-3-1)39-22-28-46(29-23-39)53(47-30-24-40(25-31-47)37-14-18-42(19-15-37)51-34-44-10-4-6-12-49(44)54-51)48-32-26-41(27-33-48)38-16-20-43(21-17-38)52-35-45-11-5-7-13-50(45)55-52;1-2-8-41-31-46(30-25-34(41)7-1)51(44-26-21-37(22-27-44)35-13-17-39(18-14-35)49-32-42-9-3-5-11-47(42)52-49)45-28-23-38(24-29-45)36-15-19-40(20-16-36)50-33-43-10-4-6-12-48(43)53-50/h1-35H;1-33H. The van der Waals surface area contributed by atoms with Crippen LogP contribution in [0.15, 0.2) is 430 Å². The smallest absolute Gasteiger partial charge is 0.135 e. The second-order valence-electron chi connectivity index (χ2n) is 27.2. The van der Waals surface area contributed by atoms with Crippen molar-refractivity contribution in [2.24, 2.45) is 0 Å². The molecule has 0 saturated heterocycles. The van der Waals surface area contributed by atoms with Crippen LogP contribution in [-0.2, 0) is 0 Å². The third kappa shape index (κ3) is 13.1.